The van der Waals surface area contributed by atoms with Crippen LogP contribution in [0.2, 0.25) is 0 Å². The third-order valence-electron chi connectivity index (χ3n) is 3.33. The Morgan fingerprint density at radius 3 is 2.29 bits per heavy atom. The fourth-order valence-corrected chi connectivity index (χ4v) is 2.61. The van der Waals surface area contributed by atoms with Gasteiger partial charge >= 0.3 is 0 Å². The lowest BCUT2D eigenvalue weighted by Crippen LogP contribution is -2.36. The maximum absolute atomic E-state index is 4.12. The largest absolute Gasteiger partial charge is 0.310 e. The van der Waals surface area contributed by atoms with Gasteiger partial charge in [-0.1, -0.05) is 44.8 Å². The molecule has 0 saturated heterocycles. The second-order valence-electron chi connectivity index (χ2n) is 4.63. The van der Waals surface area contributed by atoms with Crippen molar-refractivity contribution in [3.05, 3.63) is 12.2 Å². The van der Waals surface area contributed by atoms with Gasteiger partial charge in [-0.05, 0) is 32.2 Å². The zero-order valence-electron chi connectivity index (χ0n) is 9.81. The highest BCUT2D eigenvalue weighted by molar-refractivity contribution is 5.04. The second kappa shape index (κ2) is 6.23. The van der Waals surface area contributed by atoms with Gasteiger partial charge in [0.2, 0.25) is 0 Å². The first kappa shape index (κ1) is 11.8. The van der Waals surface area contributed by atoms with Crippen LogP contribution in [-0.4, -0.2) is 12.6 Å². The van der Waals surface area contributed by atoms with Gasteiger partial charge in [0, 0.05) is 6.04 Å². The third kappa shape index (κ3) is 3.45. The Morgan fingerprint density at radius 2 is 1.86 bits per heavy atom. The molecule has 0 radical (unpaired) electrons. The lowest BCUT2D eigenvalue weighted by atomic mass is 9.88. The van der Waals surface area contributed by atoms with Crippen LogP contribution in [0.4, 0.5) is 0 Å². The van der Waals surface area contributed by atoms with Gasteiger partial charge in [0.15, 0.2) is 0 Å². The van der Waals surface area contributed by atoms with Crippen LogP contribution in [0, 0.1) is 5.92 Å². The summed E-state index contributed by atoms with van der Waals surface area (Å²) in [5, 5.41) is 3.58. The maximum Gasteiger partial charge on any atom is 0.0302 e. The quantitative estimate of drug-likeness (QED) is 0.534. The van der Waals surface area contributed by atoms with Gasteiger partial charge in [0.25, 0.3) is 0 Å². The van der Waals surface area contributed by atoms with E-state index in [9.17, 15) is 0 Å². The molecule has 1 fully saturated rings. The molecule has 1 aliphatic carbocycles. The summed E-state index contributed by atoms with van der Waals surface area (Å²) in [5.41, 5.74) is 1.32. The van der Waals surface area contributed by atoms with Gasteiger partial charge in [0.1, 0.15) is 0 Å². The summed E-state index contributed by atoms with van der Waals surface area (Å²) >= 11 is 0. The molecule has 0 aromatic carbocycles. The van der Waals surface area contributed by atoms with Crippen LogP contribution in [0.5, 0.6) is 0 Å². The van der Waals surface area contributed by atoms with Gasteiger partial charge in [-0.15, -0.1) is 0 Å². The van der Waals surface area contributed by atoms with Crippen molar-refractivity contribution >= 4 is 0 Å². The second-order valence-corrected chi connectivity index (χ2v) is 4.63. The monoisotopic (exact) mass is 195 g/mol. The van der Waals surface area contributed by atoms with Crippen LogP contribution in [0.15, 0.2) is 12.2 Å². The molecular formula is C13H25N. The molecule has 0 bridgehead atoms. The van der Waals surface area contributed by atoms with E-state index in [-0.39, 0.29) is 0 Å². The smallest absolute Gasteiger partial charge is 0.0302 e. The van der Waals surface area contributed by atoms with Crippen molar-refractivity contribution in [2.45, 2.75) is 58.4 Å². The van der Waals surface area contributed by atoms with E-state index in [1.807, 2.05) is 0 Å². The first-order chi connectivity index (χ1) is 6.75. The zero-order chi connectivity index (χ0) is 10.4. The highest BCUT2D eigenvalue weighted by atomic mass is 14.9. The van der Waals surface area contributed by atoms with E-state index >= 15 is 0 Å². The Morgan fingerprint density at radius 1 is 1.29 bits per heavy atom. The molecule has 1 rings (SSSR count). The molecule has 1 heteroatoms. The molecule has 1 unspecified atom stereocenters. The molecule has 82 valence electrons. The molecule has 0 amide bonds. The minimum absolute atomic E-state index is 0.568. The molecular weight excluding hydrogens is 170 g/mol. The lowest BCUT2D eigenvalue weighted by Gasteiger charge is -2.27. The molecule has 0 aromatic heterocycles. The topological polar surface area (TPSA) is 12.0 Å². The van der Waals surface area contributed by atoms with Crippen LogP contribution in [0.3, 0.4) is 0 Å². The van der Waals surface area contributed by atoms with Crippen LogP contribution < -0.4 is 5.32 Å². The van der Waals surface area contributed by atoms with Crippen molar-refractivity contribution < 1.29 is 0 Å². The normalized spacial score (nSPS) is 21.6. The molecule has 0 heterocycles. The molecule has 0 spiro atoms. The molecule has 1 saturated carbocycles. The number of hydrogen-bond acceptors (Lipinski definition) is 1. The van der Waals surface area contributed by atoms with Crippen LogP contribution in [-0.2, 0) is 0 Å². The van der Waals surface area contributed by atoms with Gasteiger partial charge < -0.3 is 5.32 Å². The number of nitrogens with one attached hydrogen (secondary N) is 1. The Labute approximate surface area is 89.0 Å². The summed E-state index contributed by atoms with van der Waals surface area (Å²) in [5.74, 6) is 0.843. The highest BCUT2D eigenvalue weighted by Gasteiger charge is 2.21. The van der Waals surface area contributed by atoms with E-state index in [4.69, 9.17) is 0 Å². The maximum atomic E-state index is 4.12. The van der Waals surface area contributed by atoms with E-state index < -0.39 is 0 Å². The summed E-state index contributed by atoms with van der Waals surface area (Å²) < 4.78 is 0. The van der Waals surface area contributed by atoms with Crippen LogP contribution in [0.1, 0.15) is 52.4 Å². The third-order valence-corrected chi connectivity index (χ3v) is 3.33. The zero-order valence-corrected chi connectivity index (χ0v) is 9.81. The first-order valence-corrected chi connectivity index (χ1v) is 6.14. The minimum atomic E-state index is 0.568. The Hall–Kier alpha value is -0.300. The first-order valence-electron chi connectivity index (χ1n) is 6.14. The SMILES string of the molecule is C=C(C)C(NCC)C1CCCCCC1. The van der Waals surface area contributed by atoms with Crippen molar-refractivity contribution in [1.82, 2.24) is 5.32 Å². The summed E-state index contributed by atoms with van der Waals surface area (Å²) in [6.07, 6.45) is 8.49. The van der Waals surface area contributed by atoms with Gasteiger partial charge in [0.05, 0.1) is 0 Å². The van der Waals surface area contributed by atoms with E-state index in [1.165, 1.54) is 44.1 Å². The fourth-order valence-electron chi connectivity index (χ4n) is 2.61. The minimum Gasteiger partial charge on any atom is -0.310 e. The highest BCUT2D eigenvalue weighted by Crippen LogP contribution is 2.27. The average molecular weight is 195 g/mol. The Bertz CT molecular complexity index is 166. The fraction of sp³-hybridized carbons (Fsp3) is 0.846. The average Bonchev–Trinajstić information content (AvgIpc) is 2.41. The Balaban J connectivity index is 2.51. The van der Waals surface area contributed by atoms with Crippen molar-refractivity contribution in [2.24, 2.45) is 5.92 Å². The predicted octanol–water partition coefficient (Wildman–Crippen LogP) is 3.51. The van der Waals surface area contributed by atoms with Gasteiger partial charge in [-0.3, -0.25) is 0 Å². The van der Waals surface area contributed by atoms with E-state index in [0.717, 1.165) is 12.5 Å². The van der Waals surface area contributed by atoms with Crippen molar-refractivity contribution in [3.8, 4) is 0 Å². The van der Waals surface area contributed by atoms with E-state index in [0.29, 0.717) is 6.04 Å². The molecule has 14 heavy (non-hydrogen) atoms. The van der Waals surface area contributed by atoms with Gasteiger partial charge in [-0.2, -0.15) is 0 Å². The Kier molecular flexibility index (Phi) is 5.24. The molecule has 0 aliphatic heterocycles. The summed E-state index contributed by atoms with van der Waals surface area (Å²) in [6.45, 7) is 9.53. The molecule has 1 aliphatic rings. The van der Waals surface area contributed by atoms with Crippen LogP contribution in [0.25, 0.3) is 0 Å². The molecule has 1 N–H and O–H groups in total. The standard InChI is InChI=1S/C13H25N/c1-4-14-13(11(2)3)12-9-7-5-6-8-10-12/h12-14H,2,4-10H2,1,3H3. The van der Waals surface area contributed by atoms with E-state index in [1.54, 1.807) is 0 Å². The van der Waals surface area contributed by atoms with Crippen molar-refractivity contribution in [1.29, 1.82) is 0 Å². The number of hydrogen-bond donors (Lipinski definition) is 1. The van der Waals surface area contributed by atoms with E-state index in [2.05, 4.69) is 25.7 Å². The summed E-state index contributed by atoms with van der Waals surface area (Å²) in [6, 6.07) is 0.568. The number of likely N-dealkylation sites (N-methyl/N-ethyl adjacent to an activating group) is 1. The number of rotatable bonds is 4. The molecule has 1 nitrogen and oxygen atoms in total. The lowest BCUT2D eigenvalue weighted by molar-refractivity contribution is 0.358. The summed E-state index contributed by atoms with van der Waals surface area (Å²) in [4.78, 5) is 0. The van der Waals surface area contributed by atoms with Crippen molar-refractivity contribution in [2.75, 3.05) is 6.54 Å². The summed E-state index contributed by atoms with van der Waals surface area (Å²) in [7, 11) is 0. The van der Waals surface area contributed by atoms with Crippen molar-refractivity contribution in [3.63, 3.8) is 0 Å². The van der Waals surface area contributed by atoms with Gasteiger partial charge in [-0.25, -0.2) is 0 Å². The van der Waals surface area contributed by atoms with Crippen LogP contribution >= 0.6 is 0 Å². The predicted molar refractivity (Wildman–Crippen MR) is 63.5 cm³/mol. The molecule has 1 atom stereocenters. The molecule has 0 aromatic rings.